The molecule has 0 saturated carbocycles. The lowest BCUT2D eigenvalue weighted by Crippen LogP contribution is -2.40. The molecule has 0 saturated heterocycles. The zero-order chi connectivity index (χ0) is 18.6. The van der Waals surface area contributed by atoms with E-state index in [0.717, 1.165) is 4.47 Å². The molecule has 1 aromatic heterocycles. The molecule has 134 valence electrons. The van der Waals surface area contributed by atoms with E-state index < -0.39 is 11.7 Å². The van der Waals surface area contributed by atoms with Gasteiger partial charge in [-0.2, -0.15) is 0 Å². The molecular formula is C19H16BrClN2O3. The van der Waals surface area contributed by atoms with Crippen LogP contribution in [0.5, 0.6) is 5.75 Å². The molecule has 7 heteroatoms. The molecule has 3 rings (SSSR count). The first-order chi connectivity index (χ1) is 12.5. The van der Waals surface area contributed by atoms with Crippen LogP contribution in [0.3, 0.4) is 0 Å². The number of para-hydroxylation sites is 1. The summed E-state index contributed by atoms with van der Waals surface area (Å²) >= 11 is 9.49. The van der Waals surface area contributed by atoms with Gasteiger partial charge in [-0.15, -0.1) is 0 Å². The second kappa shape index (κ2) is 7.93. The standard InChI is InChI=1S/C19H16BrClN2O3/c1-19(23-10-9-22-13-23,12-25-15-5-3-2-4-6-15)26-18(24)16-8-7-14(20)11-17(16)21/h2-11,13H,12H2,1H3. The molecule has 0 aliphatic rings. The molecule has 2 aromatic carbocycles. The third-order valence-electron chi connectivity index (χ3n) is 3.76. The van der Waals surface area contributed by atoms with E-state index in [2.05, 4.69) is 20.9 Å². The number of esters is 1. The number of rotatable bonds is 6. The van der Waals surface area contributed by atoms with Crippen molar-refractivity contribution in [2.24, 2.45) is 0 Å². The summed E-state index contributed by atoms with van der Waals surface area (Å²) < 4.78 is 14.0. The summed E-state index contributed by atoms with van der Waals surface area (Å²) in [6.07, 6.45) is 4.90. The van der Waals surface area contributed by atoms with Gasteiger partial charge in [-0.05, 0) is 37.3 Å². The van der Waals surface area contributed by atoms with E-state index in [-0.39, 0.29) is 12.2 Å². The number of hydrogen-bond acceptors (Lipinski definition) is 4. The van der Waals surface area contributed by atoms with Gasteiger partial charge in [-0.25, -0.2) is 9.78 Å². The molecule has 0 N–H and O–H groups in total. The van der Waals surface area contributed by atoms with E-state index in [9.17, 15) is 4.79 Å². The van der Waals surface area contributed by atoms with Crippen molar-refractivity contribution >= 4 is 33.5 Å². The summed E-state index contributed by atoms with van der Waals surface area (Å²) in [5, 5.41) is 0.307. The van der Waals surface area contributed by atoms with Gasteiger partial charge in [0.15, 0.2) is 0 Å². The van der Waals surface area contributed by atoms with Gasteiger partial charge < -0.3 is 9.47 Å². The summed E-state index contributed by atoms with van der Waals surface area (Å²) in [7, 11) is 0. The highest BCUT2D eigenvalue weighted by atomic mass is 79.9. The van der Waals surface area contributed by atoms with E-state index in [0.29, 0.717) is 10.8 Å². The van der Waals surface area contributed by atoms with Crippen molar-refractivity contribution in [3.05, 3.63) is 82.3 Å². The monoisotopic (exact) mass is 434 g/mol. The quantitative estimate of drug-likeness (QED) is 0.516. The molecular weight excluding hydrogens is 420 g/mol. The fourth-order valence-electron chi connectivity index (χ4n) is 2.34. The molecule has 0 spiro atoms. The number of carbonyl (C=O) groups excluding carboxylic acids is 1. The number of aromatic nitrogens is 2. The molecule has 1 atom stereocenters. The summed E-state index contributed by atoms with van der Waals surface area (Å²) in [5.41, 5.74) is -0.819. The van der Waals surface area contributed by atoms with Gasteiger partial charge >= 0.3 is 5.97 Å². The lowest BCUT2D eigenvalue weighted by atomic mass is 10.2. The Bertz CT molecular complexity index is 887. The van der Waals surface area contributed by atoms with Gasteiger partial charge in [0.05, 0.1) is 16.9 Å². The number of benzene rings is 2. The van der Waals surface area contributed by atoms with E-state index >= 15 is 0 Å². The zero-order valence-electron chi connectivity index (χ0n) is 13.9. The Labute approximate surface area is 164 Å². The molecule has 0 aliphatic carbocycles. The van der Waals surface area contributed by atoms with Crippen molar-refractivity contribution in [1.29, 1.82) is 0 Å². The summed E-state index contributed by atoms with van der Waals surface area (Å²) in [6, 6.07) is 14.3. The fourth-order valence-corrected chi connectivity index (χ4v) is 3.09. The van der Waals surface area contributed by atoms with Crippen LogP contribution in [0.2, 0.25) is 5.02 Å². The summed E-state index contributed by atoms with van der Waals surface area (Å²) in [4.78, 5) is 16.7. The topological polar surface area (TPSA) is 53.4 Å². The number of ether oxygens (including phenoxy) is 2. The Morgan fingerprint density at radius 2 is 2.04 bits per heavy atom. The minimum absolute atomic E-state index is 0.104. The lowest BCUT2D eigenvalue weighted by Gasteiger charge is -2.30. The van der Waals surface area contributed by atoms with Crippen LogP contribution in [0.15, 0.2) is 71.7 Å². The van der Waals surface area contributed by atoms with Crippen molar-refractivity contribution in [1.82, 2.24) is 9.55 Å². The molecule has 26 heavy (non-hydrogen) atoms. The van der Waals surface area contributed by atoms with Gasteiger partial charge in [0.25, 0.3) is 0 Å². The van der Waals surface area contributed by atoms with Crippen molar-refractivity contribution < 1.29 is 14.3 Å². The summed E-state index contributed by atoms with van der Waals surface area (Å²) in [6.45, 7) is 1.86. The molecule has 1 heterocycles. The van der Waals surface area contributed by atoms with Crippen molar-refractivity contribution in [3.63, 3.8) is 0 Å². The Hall–Kier alpha value is -2.31. The van der Waals surface area contributed by atoms with Crippen LogP contribution >= 0.6 is 27.5 Å². The maximum atomic E-state index is 12.7. The predicted octanol–water partition coefficient (Wildman–Crippen LogP) is 4.91. The fraction of sp³-hybridized carbons (Fsp3) is 0.158. The smallest absolute Gasteiger partial charge is 0.341 e. The van der Waals surface area contributed by atoms with Crippen molar-refractivity contribution in [3.8, 4) is 5.75 Å². The molecule has 0 fully saturated rings. The van der Waals surface area contributed by atoms with Crippen LogP contribution < -0.4 is 4.74 Å². The van der Waals surface area contributed by atoms with Crippen LogP contribution in [-0.2, 0) is 10.5 Å². The highest BCUT2D eigenvalue weighted by Gasteiger charge is 2.33. The van der Waals surface area contributed by atoms with Crippen LogP contribution in [0, 0.1) is 0 Å². The van der Waals surface area contributed by atoms with E-state index in [1.807, 2.05) is 30.3 Å². The van der Waals surface area contributed by atoms with Crippen LogP contribution in [0.1, 0.15) is 17.3 Å². The maximum Gasteiger partial charge on any atom is 0.341 e. The minimum atomic E-state index is -1.10. The average molecular weight is 436 g/mol. The van der Waals surface area contributed by atoms with Gasteiger partial charge in [0.2, 0.25) is 5.72 Å². The molecule has 0 aliphatic heterocycles. The van der Waals surface area contributed by atoms with Crippen LogP contribution in [-0.4, -0.2) is 22.1 Å². The molecule has 0 amide bonds. The Morgan fingerprint density at radius 3 is 2.69 bits per heavy atom. The predicted molar refractivity (Wildman–Crippen MR) is 102 cm³/mol. The summed E-state index contributed by atoms with van der Waals surface area (Å²) in [5.74, 6) is 0.131. The number of hydrogen-bond donors (Lipinski definition) is 0. The third-order valence-corrected chi connectivity index (χ3v) is 4.57. The SMILES string of the molecule is CC(COc1ccccc1)(OC(=O)c1ccc(Br)cc1Cl)n1ccnc1. The highest BCUT2D eigenvalue weighted by Crippen LogP contribution is 2.26. The highest BCUT2D eigenvalue weighted by molar-refractivity contribution is 9.10. The van der Waals surface area contributed by atoms with Crippen molar-refractivity contribution in [2.75, 3.05) is 6.61 Å². The number of imidazole rings is 1. The van der Waals surface area contributed by atoms with E-state index in [1.165, 1.54) is 0 Å². The lowest BCUT2D eigenvalue weighted by molar-refractivity contribution is -0.0794. The zero-order valence-corrected chi connectivity index (χ0v) is 16.3. The van der Waals surface area contributed by atoms with Gasteiger partial charge in [-0.1, -0.05) is 45.7 Å². The largest absolute Gasteiger partial charge is 0.487 e. The number of halogens is 2. The first-order valence-electron chi connectivity index (χ1n) is 7.83. The van der Waals surface area contributed by atoms with E-state index in [4.69, 9.17) is 21.1 Å². The maximum absolute atomic E-state index is 12.7. The van der Waals surface area contributed by atoms with Crippen LogP contribution in [0.4, 0.5) is 0 Å². The Kier molecular flexibility index (Phi) is 5.64. The molecule has 1 unspecified atom stereocenters. The second-order valence-electron chi connectivity index (χ2n) is 5.76. The first kappa shape index (κ1) is 18.5. The Balaban J connectivity index is 1.83. The third kappa shape index (κ3) is 4.26. The van der Waals surface area contributed by atoms with Crippen LogP contribution in [0.25, 0.3) is 0 Å². The average Bonchev–Trinajstić information content (AvgIpc) is 3.16. The van der Waals surface area contributed by atoms with Gasteiger partial charge in [0, 0.05) is 16.9 Å². The molecule has 0 bridgehead atoms. The number of carbonyl (C=O) groups is 1. The minimum Gasteiger partial charge on any atom is -0.487 e. The first-order valence-corrected chi connectivity index (χ1v) is 9.00. The molecule has 3 aromatic rings. The Morgan fingerprint density at radius 1 is 1.27 bits per heavy atom. The molecule has 0 radical (unpaired) electrons. The van der Waals surface area contributed by atoms with Gasteiger partial charge in [-0.3, -0.25) is 4.57 Å². The molecule has 5 nitrogen and oxygen atoms in total. The normalized spacial score (nSPS) is 13.0. The van der Waals surface area contributed by atoms with Gasteiger partial charge in [0.1, 0.15) is 12.4 Å². The number of nitrogens with zero attached hydrogens (tertiary/aromatic N) is 2. The van der Waals surface area contributed by atoms with E-state index in [1.54, 1.807) is 48.4 Å². The van der Waals surface area contributed by atoms with Crippen molar-refractivity contribution in [2.45, 2.75) is 12.6 Å². The second-order valence-corrected chi connectivity index (χ2v) is 7.08.